The van der Waals surface area contributed by atoms with E-state index in [2.05, 4.69) is 88.6 Å². The van der Waals surface area contributed by atoms with Crippen LogP contribution in [0.1, 0.15) is 40.6 Å². The number of aliphatic imine (C=N–C) groups is 1. The third-order valence-electron chi connectivity index (χ3n) is 7.67. The van der Waals surface area contributed by atoms with E-state index in [0.29, 0.717) is 23.3 Å². The number of hydrogen-bond acceptors (Lipinski definition) is 6. The van der Waals surface area contributed by atoms with E-state index in [0.717, 1.165) is 26.8 Å². The third kappa shape index (κ3) is 5.69. The van der Waals surface area contributed by atoms with Crippen molar-refractivity contribution in [1.82, 2.24) is 0 Å². The van der Waals surface area contributed by atoms with Gasteiger partial charge in [-0.1, -0.05) is 42.5 Å². The maximum Gasteiger partial charge on any atom is 0.269 e. The predicted molar refractivity (Wildman–Crippen MR) is 170 cm³/mol. The van der Waals surface area contributed by atoms with Gasteiger partial charge in [-0.2, -0.15) is 0 Å². The Balaban J connectivity index is 1.15. The minimum absolute atomic E-state index is 0.0513. The number of non-ortho nitro benzene ring substituents is 1. The zero-order valence-corrected chi connectivity index (χ0v) is 24.5. The molecule has 41 heavy (non-hydrogen) atoms. The highest BCUT2D eigenvalue weighted by Gasteiger charge is 2.37. The average Bonchev–Trinajstić information content (AvgIpc) is 3.50. The van der Waals surface area contributed by atoms with Crippen LogP contribution in [0.3, 0.4) is 0 Å². The summed E-state index contributed by atoms with van der Waals surface area (Å²) in [6, 6.07) is 27.6. The molecule has 0 saturated carbocycles. The molecule has 8 heteroatoms. The third-order valence-corrected chi connectivity index (χ3v) is 8.47. The summed E-state index contributed by atoms with van der Waals surface area (Å²) in [5.74, 6) is 2.18. The van der Waals surface area contributed by atoms with E-state index >= 15 is 0 Å². The standard InChI is InChI=1S/C33H28IN3O4/c1-40-31-18-22(17-29(34)33(31)41-20-21-9-15-25(16-10-21)37(38)39)19-35-24-13-11-23(12-14-24)32-28-7-4-6-26(28)27-5-2-3-8-30(27)36-32/h2-6,8-19,26,28,32,36H,7,20H2,1H3/t26-,28-,32-/m0/s1. The second-order valence-corrected chi connectivity index (χ2v) is 11.3. The molecule has 0 amide bonds. The number of allylic oxidation sites excluding steroid dienone is 2. The number of ether oxygens (including phenoxy) is 2. The van der Waals surface area contributed by atoms with Crippen molar-refractivity contribution in [2.45, 2.75) is 25.0 Å². The number of benzene rings is 4. The molecule has 2 aliphatic rings. The van der Waals surface area contributed by atoms with Crippen LogP contribution >= 0.6 is 22.6 Å². The second kappa shape index (κ2) is 11.7. The molecule has 0 radical (unpaired) electrons. The number of rotatable bonds is 8. The molecular formula is C33H28IN3O4. The number of fused-ring (bicyclic) bond motifs is 3. The number of nitrogens with zero attached hydrogens (tertiary/aromatic N) is 2. The summed E-state index contributed by atoms with van der Waals surface area (Å²) in [5.41, 5.74) is 6.52. The zero-order valence-electron chi connectivity index (χ0n) is 22.4. The van der Waals surface area contributed by atoms with Crippen molar-refractivity contribution in [2.24, 2.45) is 10.9 Å². The van der Waals surface area contributed by atoms with Crippen LogP contribution in [-0.2, 0) is 6.61 Å². The summed E-state index contributed by atoms with van der Waals surface area (Å²) >= 11 is 2.22. The number of methoxy groups -OCH3 is 1. The van der Waals surface area contributed by atoms with Gasteiger partial charge in [0.05, 0.1) is 27.3 Å². The van der Waals surface area contributed by atoms with E-state index in [-0.39, 0.29) is 18.3 Å². The molecule has 3 atom stereocenters. The first-order valence-corrected chi connectivity index (χ1v) is 14.5. The van der Waals surface area contributed by atoms with E-state index in [4.69, 9.17) is 14.5 Å². The molecule has 4 aromatic rings. The Hall–Kier alpha value is -4.18. The number of halogens is 1. The van der Waals surface area contributed by atoms with Gasteiger partial charge in [0.25, 0.3) is 5.69 Å². The molecule has 1 N–H and O–H groups in total. The fraction of sp³-hybridized carbons (Fsp3) is 0.182. The molecular weight excluding hydrogens is 629 g/mol. The van der Waals surface area contributed by atoms with Gasteiger partial charge in [0.15, 0.2) is 11.5 Å². The van der Waals surface area contributed by atoms with Crippen molar-refractivity contribution in [3.8, 4) is 11.5 Å². The molecule has 1 aliphatic carbocycles. The maximum absolute atomic E-state index is 10.9. The maximum atomic E-state index is 10.9. The van der Waals surface area contributed by atoms with Crippen LogP contribution < -0.4 is 14.8 Å². The minimum Gasteiger partial charge on any atom is -0.493 e. The first kappa shape index (κ1) is 27.0. The van der Waals surface area contributed by atoms with Crippen LogP contribution in [0, 0.1) is 19.6 Å². The highest BCUT2D eigenvalue weighted by Crippen LogP contribution is 2.49. The Labute approximate surface area is 252 Å². The summed E-state index contributed by atoms with van der Waals surface area (Å²) in [5, 5.41) is 14.7. The Morgan fingerprint density at radius 2 is 1.85 bits per heavy atom. The summed E-state index contributed by atoms with van der Waals surface area (Å²) < 4.78 is 12.5. The van der Waals surface area contributed by atoms with E-state index in [1.54, 1.807) is 19.2 Å². The van der Waals surface area contributed by atoms with Crippen LogP contribution in [0.2, 0.25) is 0 Å². The monoisotopic (exact) mass is 657 g/mol. The van der Waals surface area contributed by atoms with Crippen molar-refractivity contribution in [1.29, 1.82) is 0 Å². The highest BCUT2D eigenvalue weighted by molar-refractivity contribution is 14.1. The van der Waals surface area contributed by atoms with Gasteiger partial charge in [-0.25, -0.2) is 0 Å². The molecule has 4 aromatic carbocycles. The molecule has 0 aromatic heterocycles. The van der Waals surface area contributed by atoms with E-state index in [1.165, 1.54) is 28.9 Å². The zero-order chi connectivity index (χ0) is 28.3. The van der Waals surface area contributed by atoms with Crippen LogP contribution in [0.25, 0.3) is 0 Å². The second-order valence-electron chi connectivity index (χ2n) is 10.2. The lowest BCUT2D eigenvalue weighted by molar-refractivity contribution is -0.384. The lowest BCUT2D eigenvalue weighted by Gasteiger charge is -2.37. The van der Waals surface area contributed by atoms with Crippen molar-refractivity contribution in [2.75, 3.05) is 12.4 Å². The first-order chi connectivity index (χ1) is 20.0. The van der Waals surface area contributed by atoms with E-state index < -0.39 is 4.92 Å². The Bertz CT molecular complexity index is 1630. The normalized spacial score (nSPS) is 18.9. The molecule has 0 fully saturated rings. The van der Waals surface area contributed by atoms with E-state index in [1.807, 2.05) is 18.3 Å². The lowest BCUT2D eigenvalue weighted by atomic mass is 9.77. The Kier molecular flexibility index (Phi) is 7.74. The van der Waals surface area contributed by atoms with Gasteiger partial charge in [0, 0.05) is 30.0 Å². The quantitative estimate of drug-likeness (QED) is 0.0677. The van der Waals surface area contributed by atoms with Crippen molar-refractivity contribution in [3.05, 3.63) is 133 Å². The number of nitro groups is 1. The number of hydrogen-bond donors (Lipinski definition) is 1. The van der Waals surface area contributed by atoms with Gasteiger partial charge in [0.2, 0.25) is 0 Å². The fourth-order valence-electron chi connectivity index (χ4n) is 5.61. The average molecular weight is 658 g/mol. The van der Waals surface area contributed by atoms with Crippen molar-refractivity contribution in [3.63, 3.8) is 0 Å². The smallest absolute Gasteiger partial charge is 0.269 e. The summed E-state index contributed by atoms with van der Waals surface area (Å²) in [6.07, 6.45) is 7.57. The molecule has 0 bridgehead atoms. The Morgan fingerprint density at radius 3 is 2.61 bits per heavy atom. The number of anilines is 1. The van der Waals surface area contributed by atoms with Gasteiger partial charge in [0.1, 0.15) is 6.61 Å². The van der Waals surface area contributed by atoms with Gasteiger partial charge >= 0.3 is 0 Å². The summed E-state index contributed by atoms with van der Waals surface area (Å²) in [4.78, 5) is 15.2. The van der Waals surface area contributed by atoms with Crippen LogP contribution in [0.15, 0.2) is 102 Å². The number of para-hydroxylation sites is 1. The van der Waals surface area contributed by atoms with Gasteiger partial charge in [-0.3, -0.25) is 15.1 Å². The van der Waals surface area contributed by atoms with E-state index in [9.17, 15) is 10.1 Å². The highest BCUT2D eigenvalue weighted by atomic mass is 127. The van der Waals surface area contributed by atoms with Gasteiger partial charge in [-0.05, 0) is 99.6 Å². The fourth-order valence-corrected chi connectivity index (χ4v) is 6.40. The Morgan fingerprint density at radius 1 is 1.07 bits per heavy atom. The minimum atomic E-state index is -0.416. The lowest BCUT2D eigenvalue weighted by Crippen LogP contribution is -2.28. The van der Waals surface area contributed by atoms with Crippen molar-refractivity contribution < 1.29 is 14.4 Å². The molecule has 206 valence electrons. The molecule has 6 rings (SSSR count). The number of nitrogens with one attached hydrogen (secondary N) is 1. The summed E-state index contributed by atoms with van der Waals surface area (Å²) in [7, 11) is 1.60. The molecule has 1 heterocycles. The van der Waals surface area contributed by atoms with Gasteiger partial charge < -0.3 is 14.8 Å². The molecule has 0 spiro atoms. The molecule has 0 unspecified atom stereocenters. The van der Waals surface area contributed by atoms with Gasteiger partial charge in [-0.15, -0.1) is 0 Å². The molecule has 1 aliphatic heterocycles. The predicted octanol–water partition coefficient (Wildman–Crippen LogP) is 8.36. The topological polar surface area (TPSA) is 86.0 Å². The molecule has 0 saturated heterocycles. The number of nitro benzene ring substituents is 1. The molecule has 7 nitrogen and oxygen atoms in total. The largest absolute Gasteiger partial charge is 0.493 e. The van der Waals surface area contributed by atoms with Crippen LogP contribution in [-0.4, -0.2) is 18.2 Å². The summed E-state index contributed by atoms with van der Waals surface area (Å²) in [6.45, 7) is 0.267. The first-order valence-electron chi connectivity index (χ1n) is 13.4. The van der Waals surface area contributed by atoms with Crippen LogP contribution in [0.4, 0.5) is 17.1 Å². The van der Waals surface area contributed by atoms with Crippen LogP contribution in [0.5, 0.6) is 11.5 Å². The van der Waals surface area contributed by atoms with Crippen molar-refractivity contribution >= 4 is 45.9 Å². The SMILES string of the molecule is COc1cc(C=Nc2ccc([C@@H]3Nc4ccccc4[C@@H]4C=CC[C@@H]43)cc2)cc(I)c1OCc1ccc([N+](=O)[O-])cc1.